The van der Waals surface area contributed by atoms with Gasteiger partial charge in [-0.15, -0.1) is 0 Å². The van der Waals surface area contributed by atoms with Crippen LogP contribution in [0.3, 0.4) is 0 Å². The Kier molecular flexibility index (Phi) is 3.85. The van der Waals surface area contributed by atoms with Gasteiger partial charge in [-0.1, -0.05) is 18.2 Å². The zero-order chi connectivity index (χ0) is 13.8. The maximum Gasteiger partial charge on any atom is 0.307 e. The van der Waals surface area contributed by atoms with Crippen LogP contribution >= 0.6 is 0 Å². The predicted molar refractivity (Wildman–Crippen MR) is 66.6 cm³/mol. The van der Waals surface area contributed by atoms with Gasteiger partial charge in [0.1, 0.15) is 11.5 Å². The third kappa shape index (κ3) is 3.13. The Bertz CT molecular complexity index is 506. The third-order valence-corrected chi connectivity index (χ3v) is 3.13. The molecule has 0 aromatic heterocycles. The fourth-order valence-corrected chi connectivity index (χ4v) is 2.12. The lowest BCUT2D eigenvalue weighted by molar-refractivity contribution is -0.154. The SMILES string of the molecule is O=C(O)C1CC=C(Oc2ccccc2)CC1C(=O)O. The molecular weight excluding hydrogens is 248 g/mol. The molecule has 19 heavy (non-hydrogen) atoms. The molecule has 1 aliphatic rings. The first-order valence-corrected chi connectivity index (χ1v) is 5.95. The zero-order valence-corrected chi connectivity index (χ0v) is 10.2. The van der Waals surface area contributed by atoms with E-state index < -0.39 is 23.8 Å². The summed E-state index contributed by atoms with van der Waals surface area (Å²) in [5, 5.41) is 18.1. The molecule has 0 amide bonds. The molecule has 0 heterocycles. The molecule has 2 unspecified atom stereocenters. The number of hydrogen-bond acceptors (Lipinski definition) is 3. The molecule has 0 radical (unpaired) electrons. The highest BCUT2D eigenvalue weighted by molar-refractivity contribution is 5.80. The van der Waals surface area contributed by atoms with E-state index in [0.717, 1.165) is 0 Å². The molecule has 2 N–H and O–H groups in total. The maximum absolute atomic E-state index is 11.1. The van der Waals surface area contributed by atoms with Gasteiger partial charge in [0, 0.05) is 6.42 Å². The van der Waals surface area contributed by atoms with Crippen LogP contribution in [0.1, 0.15) is 12.8 Å². The summed E-state index contributed by atoms with van der Waals surface area (Å²) in [4.78, 5) is 22.1. The summed E-state index contributed by atoms with van der Waals surface area (Å²) in [5.41, 5.74) is 0. The van der Waals surface area contributed by atoms with Gasteiger partial charge < -0.3 is 14.9 Å². The van der Waals surface area contributed by atoms with Crippen molar-refractivity contribution < 1.29 is 24.5 Å². The van der Waals surface area contributed by atoms with Gasteiger partial charge in [-0.25, -0.2) is 0 Å². The van der Waals surface area contributed by atoms with E-state index in [4.69, 9.17) is 14.9 Å². The molecule has 1 aromatic carbocycles. The molecule has 5 heteroatoms. The molecule has 0 spiro atoms. The number of carboxylic acid groups (broad SMARTS) is 2. The number of aliphatic carboxylic acids is 2. The highest BCUT2D eigenvalue weighted by atomic mass is 16.5. The van der Waals surface area contributed by atoms with Crippen LogP contribution in [-0.2, 0) is 9.59 Å². The van der Waals surface area contributed by atoms with Crippen LogP contribution in [0.15, 0.2) is 42.2 Å². The van der Waals surface area contributed by atoms with Gasteiger partial charge in [-0.3, -0.25) is 9.59 Å². The van der Waals surface area contributed by atoms with Crippen LogP contribution in [-0.4, -0.2) is 22.2 Å². The number of benzene rings is 1. The molecule has 1 aliphatic carbocycles. The summed E-state index contributed by atoms with van der Waals surface area (Å²) in [6, 6.07) is 9.00. The summed E-state index contributed by atoms with van der Waals surface area (Å²) in [6.45, 7) is 0. The van der Waals surface area contributed by atoms with Crippen molar-refractivity contribution >= 4 is 11.9 Å². The lowest BCUT2D eigenvalue weighted by atomic mass is 9.82. The Balaban J connectivity index is 2.12. The van der Waals surface area contributed by atoms with E-state index in [1.165, 1.54) is 0 Å². The number of allylic oxidation sites excluding steroid dienone is 2. The third-order valence-electron chi connectivity index (χ3n) is 3.13. The molecule has 2 atom stereocenters. The van der Waals surface area contributed by atoms with Crippen molar-refractivity contribution in [3.05, 3.63) is 42.2 Å². The molecule has 1 aromatic rings. The Morgan fingerprint density at radius 3 is 2.26 bits per heavy atom. The van der Waals surface area contributed by atoms with E-state index in [0.29, 0.717) is 11.5 Å². The topological polar surface area (TPSA) is 83.8 Å². The van der Waals surface area contributed by atoms with Gasteiger partial charge in [0.25, 0.3) is 0 Å². The van der Waals surface area contributed by atoms with Crippen molar-refractivity contribution in [2.24, 2.45) is 11.8 Å². The van der Waals surface area contributed by atoms with Crippen LogP contribution in [0.5, 0.6) is 5.75 Å². The second-order valence-corrected chi connectivity index (χ2v) is 4.41. The van der Waals surface area contributed by atoms with Crippen LogP contribution in [0.2, 0.25) is 0 Å². The minimum absolute atomic E-state index is 0.0984. The number of ether oxygens (including phenoxy) is 1. The zero-order valence-electron chi connectivity index (χ0n) is 10.2. The van der Waals surface area contributed by atoms with Crippen molar-refractivity contribution in [1.29, 1.82) is 0 Å². The average molecular weight is 262 g/mol. The molecule has 0 fully saturated rings. The minimum atomic E-state index is -1.10. The van der Waals surface area contributed by atoms with Crippen LogP contribution in [0.25, 0.3) is 0 Å². The highest BCUT2D eigenvalue weighted by Gasteiger charge is 2.37. The van der Waals surface area contributed by atoms with Crippen molar-refractivity contribution in [1.82, 2.24) is 0 Å². The monoisotopic (exact) mass is 262 g/mol. The summed E-state index contributed by atoms with van der Waals surface area (Å²) in [5.74, 6) is -2.89. The molecule has 5 nitrogen and oxygen atoms in total. The van der Waals surface area contributed by atoms with E-state index in [1.807, 2.05) is 18.2 Å². The minimum Gasteiger partial charge on any atom is -0.481 e. The van der Waals surface area contributed by atoms with Gasteiger partial charge in [0.05, 0.1) is 11.8 Å². The van der Waals surface area contributed by atoms with E-state index in [2.05, 4.69) is 0 Å². The summed E-state index contributed by atoms with van der Waals surface area (Å²) in [6.07, 6.45) is 1.93. The first-order valence-electron chi connectivity index (χ1n) is 5.95. The van der Waals surface area contributed by atoms with Crippen molar-refractivity contribution in [3.63, 3.8) is 0 Å². The van der Waals surface area contributed by atoms with Crippen molar-refractivity contribution in [3.8, 4) is 5.75 Å². The summed E-state index contributed by atoms with van der Waals surface area (Å²) >= 11 is 0. The largest absolute Gasteiger partial charge is 0.481 e. The normalized spacial score (nSPS) is 22.4. The van der Waals surface area contributed by atoms with E-state index in [1.54, 1.807) is 18.2 Å². The molecule has 0 bridgehead atoms. The Labute approximate surface area is 110 Å². The lowest BCUT2D eigenvalue weighted by Crippen LogP contribution is -2.32. The van der Waals surface area contributed by atoms with Gasteiger partial charge in [0.15, 0.2) is 0 Å². The van der Waals surface area contributed by atoms with Gasteiger partial charge in [-0.05, 0) is 24.6 Å². The fraction of sp³-hybridized carbons (Fsp3) is 0.286. The molecule has 2 rings (SSSR count). The lowest BCUT2D eigenvalue weighted by Gasteiger charge is -2.25. The molecular formula is C14H14O5. The number of hydrogen-bond donors (Lipinski definition) is 2. The average Bonchev–Trinajstić information content (AvgIpc) is 2.39. The van der Waals surface area contributed by atoms with Crippen molar-refractivity contribution in [2.45, 2.75) is 12.8 Å². The second-order valence-electron chi connectivity index (χ2n) is 4.41. The second kappa shape index (κ2) is 5.56. The van der Waals surface area contributed by atoms with Crippen molar-refractivity contribution in [2.75, 3.05) is 0 Å². The molecule has 0 aliphatic heterocycles. The quantitative estimate of drug-likeness (QED) is 0.868. The maximum atomic E-state index is 11.1. The number of rotatable bonds is 4. The number of carboxylic acids is 2. The van der Waals surface area contributed by atoms with Gasteiger partial charge in [-0.2, -0.15) is 0 Å². The Morgan fingerprint density at radius 2 is 1.68 bits per heavy atom. The van der Waals surface area contributed by atoms with Gasteiger partial charge in [0.2, 0.25) is 0 Å². The Morgan fingerprint density at radius 1 is 1.05 bits per heavy atom. The predicted octanol–water partition coefficient (Wildman–Crippen LogP) is 2.14. The number of para-hydroxylation sites is 1. The smallest absolute Gasteiger partial charge is 0.307 e. The highest BCUT2D eigenvalue weighted by Crippen LogP contribution is 2.31. The first kappa shape index (κ1) is 13.1. The van der Waals surface area contributed by atoms with Crippen LogP contribution in [0, 0.1) is 11.8 Å². The van der Waals surface area contributed by atoms with E-state index >= 15 is 0 Å². The number of carbonyl (C=O) groups is 2. The standard InChI is InChI=1S/C14H14O5/c15-13(16)11-7-6-10(8-12(11)14(17)18)19-9-4-2-1-3-5-9/h1-6,11-12H,7-8H2,(H,15,16)(H,17,18). The van der Waals surface area contributed by atoms with Gasteiger partial charge >= 0.3 is 11.9 Å². The first-order chi connectivity index (χ1) is 9.08. The van der Waals surface area contributed by atoms with E-state index in [-0.39, 0.29) is 12.8 Å². The summed E-state index contributed by atoms with van der Waals surface area (Å²) < 4.78 is 5.57. The van der Waals surface area contributed by atoms with Crippen LogP contribution < -0.4 is 4.74 Å². The van der Waals surface area contributed by atoms with E-state index in [9.17, 15) is 9.59 Å². The Hall–Kier alpha value is -2.30. The summed E-state index contributed by atoms with van der Waals surface area (Å²) in [7, 11) is 0. The molecule has 0 saturated carbocycles. The fourth-order valence-electron chi connectivity index (χ4n) is 2.12. The van der Waals surface area contributed by atoms with Crippen LogP contribution in [0.4, 0.5) is 0 Å². The molecule has 0 saturated heterocycles. The molecule has 100 valence electrons.